The fourth-order valence-electron chi connectivity index (χ4n) is 3.27. The molecular weight excluding hydrogens is 447 g/mol. The summed E-state index contributed by atoms with van der Waals surface area (Å²) in [6.07, 6.45) is 0. The molecule has 32 heavy (non-hydrogen) atoms. The minimum atomic E-state index is -2.18. The average molecular weight is 456 g/mol. The van der Waals surface area contributed by atoms with Crippen LogP contribution in [0.2, 0.25) is 0 Å². The van der Waals surface area contributed by atoms with Crippen molar-refractivity contribution in [2.24, 2.45) is 0 Å². The molecule has 0 amide bonds. The number of hydrogen-bond acceptors (Lipinski definition) is 2. The van der Waals surface area contributed by atoms with E-state index in [-0.39, 0.29) is 0 Å². The maximum absolute atomic E-state index is 14.8. The fraction of sp³-hybridized carbons (Fsp3) is 0.0476. The molecule has 0 aliphatic heterocycles. The zero-order valence-corrected chi connectivity index (χ0v) is 15.6. The zero-order chi connectivity index (χ0) is 23.2. The summed E-state index contributed by atoms with van der Waals surface area (Å²) in [6.45, 7) is 0. The first-order valence-electron chi connectivity index (χ1n) is 8.95. The summed E-state index contributed by atoms with van der Waals surface area (Å²) >= 11 is 0. The van der Waals surface area contributed by atoms with E-state index in [1.54, 1.807) is 0 Å². The molecule has 164 valence electrons. The number of rotatable bonds is 5. The maximum Gasteiger partial charge on any atom is 0.610 e. The molecule has 1 atom stereocenters. The Labute approximate surface area is 175 Å². The van der Waals surface area contributed by atoms with E-state index in [9.17, 15) is 35.1 Å². The van der Waals surface area contributed by atoms with Crippen LogP contribution < -0.4 is 9.31 Å². The molecule has 0 heterocycles. The van der Waals surface area contributed by atoms with Crippen LogP contribution in [0.25, 0.3) is 5.83 Å². The molecule has 0 spiro atoms. The predicted molar refractivity (Wildman–Crippen MR) is 98.0 cm³/mol. The second kappa shape index (κ2) is 8.21. The highest BCUT2D eigenvalue weighted by Crippen LogP contribution is 2.47. The van der Waals surface area contributed by atoms with Gasteiger partial charge >= 0.3 is 7.12 Å². The second-order valence-corrected chi connectivity index (χ2v) is 6.67. The third-order valence-corrected chi connectivity index (χ3v) is 4.76. The minimum Gasteiger partial charge on any atom is -0.523 e. The van der Waals surface area contributed by atoms with Crippen molar-refractivity contribution in [1.29, 1.82) is 0 Å². The zero-order valence-electron chi connectivity index (χ0n) is 15.6. The van der Waals surface area contributed by atoms with Crippen molar-refractivity contribution in [2.45, 2.75) is 5.82 Å². The van der Waals surface area contributed by atoms with Crippen molar-refractivity contribution in [2.75, 3.05) is 0 Å². The first-order valence-corrected chi connectivity index (χ1v) is 8.95. The lowest BCUT2D eigenvalue weighted by Gasteiger charge is -2.22. The molecular formula is C21H9BF8O2. The number of allylic oxidation sites excluding steroid dienone is 1. The van der Waals surface area contributed by atoms with E-state index in [4.69, 9.17) is 9.31 Å². The fourth-order valence-corrected chi connectivity index (χ4v) is 3.27. The van der Waals surface area contributed by atoms with E-state index in [0.717, 1.165) is 42.5 Å². The summed E-state index contributed by atoms with van der Waals surface area (Å²) in [4.78, 5) is 0. The molecule has 0 saturated carbocycles. The molecule has 0 aromatic heterocycles. The van der Waals surface area contributed by atoms with Crippen molar-refractivity contribution in [1.82, 2.24) is 0 Å². The average Bonchev–Trinajstić information content (AvgIpc) is 3.01. The smallest absolute Gasteiger partial charge is 0.523 e. The molecule has 1 aliphatic rings. The lowest BCUT2D eigenvalue weighted by Crippen LogP contribution is -2.38. The van der Waals surface area contributed by atoms with E-state index in [2.05, 4.69) is 0 Å². The highest BCUT2D eigenvalue weighted by molar-refractivity contribution is 6.50. The Balaban J connectivity index is 1.84. The SMILES string of the molecule is FC1=C(F)C(B(Oc2cccc(F)c2F)Oc2cccc(F)c2F)c2ccc(F)c(F)c21. The predicted octanol–water partition coefficient (Wildman–Crippen LogP) is 6.41. The molecule has 0 fully saturated rings. The molecule has 1 aliphatic carbocycles. The van der Waals surface area contributed by atoms with Gasteiger partial charge in [-0.2, -0.15) is 8.78 Å². The van der Waals surface area contributed by atoms with E-state index in [0.29, 0.717) is 6.07 Å². The molecule has 4 rings (SSSR count). The summed E-state index contributed by atoms with van der Waals surface area (Å²) < 4.78 is 123. The third kappa shape index (κ3) is 3.57. The number of halogens is 8. The van der Waals surface area contributed by atoms with Gasteiger partial charge in [-0.1, -0.05) is 18.2 Å². The van der Waals surface area contributed by atoms with Crippen molar-refractivity contribution < 1.29 is 44.4 Å². The quantitative estimate of drug-likeness (QED) is 0.327. The molecule has 0 N–H and O–H groups in total. The second-order valence-electron chi connectivity index (χ2n) is 6.67. The molecule has 3 aromatic rings. The molecule has 1 unspecified atom stereocenters. The molecule has 0 radical (unpaired) electrons. The molecule has 11 heteroatoms. The Morgan fingerprint density at radius 2 is 1.09 bits per heavy atom. The molecule has 2 nitrogen and oxygen atoms in total. The van der Waals surface area contributed by atoms with Gasteiger partial charge in [0.25, 0.3) is 0 Å². The number of benzene rings is 3. The van der Waals surface area contributed by atoms with E-state index in [1.165, 1.54) is 0 Å². The minimum absolute atomic E-state index is 0.502. The van der Waals surface area contributed by atoms with Crippen molar-refractivity contribution in [3.05, 3.63) is 100 Å². The summed E-state index contributed by atoms with van der Waals surface area (Å²) in [5, 5.41) is 0. The van der Waals surface area contributed by atoms with Crippen LogP contribution in [-0.4, -0.2) is 7.12 Å². The topological polar surface area (TPSA) is 18.5 Å². The van der Waals surface area contributed by atoms with Gasteiger partial charge in [0.2, 0.25) is 0 Å². The van der Waals surface area contributed by atoms with Gasteiger partial charge in [-0.15, -0.1) is 0 Å². The summed E-state index contributed by atoms with van der Waals surface area (Å²) in [7, 11) is -2.18. The van der Waals surface area contributed by atoms with Crippen molar-refractivity contribution >= 4 is 12.9 Å². The Morgan fingerprint density at radius 1 is 0.594 bits per heavy atom. The Hall–Kier alpha value is -3.50. The monoisotopic (exact) mass is 456 g/mol. The Morgan fingerprint density at radius 3 is 1.62 bits per heavy atom. The van der Waals surface area contributed by atoms with E-state index < -0.39 is 82.1 Å². The molecule has 0 saturated heterocycles. The van der Waals surface area contributed by atoms with Gasteiger partial charge in [0.05, 0.1) is 5.56 Å². The number of fused-ring (bicyclic) bond motifs is 1. The van der Waals surface area contributed by atoms with Crippen LogP contribution in [-0.2, 0) is 0 Å². The van der Waals surface area contributed by atoms with Gasteiger partial charge in [-0.25, -0.2) is 26.3 Å². The lowest BCUT2D eigenvalue weighted by atomic mass is 9.68. The van der Waals surface area contributed by atoms with Crippen LogP contribution in [0.3, 0.4) is 0 Å². The van der Waals surface area contributed by atoms with Crippen LogP contribution in [0, 0.1) is 34.9 Å². The van der Waals surface area contributed by atoms with Gasteiger partial charge < -0.3 is 9.31 Å². The maximum atomic E-state index is 14.8. The lowest BCUT2D eigenvalue weighted by molar-refractivity contribution is 0.362. The van der Waals surface area contributed by atoms with Crippen LogP contribution in [0.5, 0.6) is 11.5 Å². The highest BCUT2D eigenvalue weighted by atomic mass is 19.2. The highest BCUT2D eigenvalue weighted by Gasteiger charge is 2.49. The third-order valence-electron chi connectivity index (χ3n) is 4.76. The van der Waals surface area contributed by atoms with Gasteiger partial charge in [-0.05, 0) is 35.9 Å². The summed E-state index contributed by atoms with van der Waals surface area (Å²) in [6, 6.07) is 6.77. The standard InChI is InChI=1S/C21H9BF8O2/c23-10-3-1-5-13(17(10)26)31-22(32-14-6-2-4-11(24)18(14)27)16-9-7-8-12(25)19(28)15(9)20(29)21(16)30/h1-8,16H. The first-order chi connectivity index (χ1) is 15.2. The van der Waals surface area contributed by atoms with Gasteiger partial charge in [-0.3, -0.25) is 0 Å². The van der Waals surface area contributed by atoms with E-state index >= 15 is 0 Å². The van der Waals surface area contributed by atoms with Crippen molar-refractivity contribution in [3.8, 4) is 11.5 Å². The Kier molecular flexibility index (Phi) is 5.58. The first kappa shape index (κ1) is 21.7. The van der Waals surface area contributed by atoms with Crippen LogP contribution >= 0.6 is 0 Å². The number of hydrogen-bond donors (Lipinski definition) is 0. The Bertz CT molecular complexity index is 1190. The normalized spacial score (nSPS) is 15.1. The van der Waals surface area contributed by atoms with Gasteiger partial charge in [0, 0.05) is 0 Å². The van der Waals surface area contributed by atoms with Gasteiger partial charge in [0.1, 0.15) is 23.1 Å². The largest absolute Gasteiger partial charge is 0.610 e. The van der Waals surface area contributed by atoms with Crippen LogP contribution in [0.15, 0.2) is 54.4 Å². The van der Waals surface area contributed by atoms with E-state index in [1.807, 2.05) is 0 Å². The molecule has 0 bridgehead atoms. The van der Waals surface area contributed by atoms with Crippen molar-refractivity contribution in [3.63, 3.8) is 0 Å². The van der Waals surface area contributed by atoms with Crippen LogP contribution in [0.4, 0.5) is 35.1 Å². The summed E-state index contributed by atoms with van der Waals surface area (Å²) in [5.41, 5.74) is -1.57. The summed E-state index contributed by atoms with van der Waals surface area (Å²) in [5.74, 6) is -16.1. The van der Waals surface area contributed by atoms with Gasteiger partial charge in [0.15, 0.2) is 40.7 Å². The van der Waals surface area contributed by atoms with Crippen LogP contribution in [0.1, 0.15) is 16.9 Å². The molecule has 3 aromatic carbocycles.